The molecule has 124 valence electrons. The lowest BCUT2D eigenvalue weighted by Crippen LogP contribution is -2.40. The van der Waals surface area contributed by atoms with Gasteiger partial charge in [0, 0.05) is 5.56 Å². The van der Waals surface area contributed by atoms with Crippen molar-refractivity contribution in [2.45, 2.75) is 5.41 Å². The summed E-state index contributed by atoms with van der Waals surface area (Å²) >= 11 is 0. The van der Waals surface area contributed by atoms with Crippen molar-refractivity contribution in [3.8, 4) is 0 Å². The van der Waals surface area contributed by atoms with Crippen LogP contribution in [0, 0.1) is 11.8 Å². The molecule has 1 saturated heterocycles. The number of nitrogens with zero attached hydrogens (tertiary/aromatic N) is 1. The number of hydrogen-bond acceptors (Lipinski definition) is 3. The lowest BCUT2D eigenvalue weighted by molar-refractivity contribution is -0.124. The molecule has 3 aromatic carbocycles. The van der Waals surface area contributed by atoms with Gasteiger partial charge in [0.15, 0.2) is 5.78 Å². The normalized spacial score (nSPS) is 28.3. The molecule has 26 heavy (non-hydrogen) atoms. The molecule has 0 radical (unpaired) electrons. The highest BCUT2D eigenvalue weighted by atomic mass is 16.2. The van der Waals surface area contributed by atoms with Gasteiger partial charge in [0.1, 0.15) is 0 Å². The van der Waals surface area contributed by atoms with Gasteiger partial charge in [-0.1, -0.05) is 54.6 Å². The molecule has 2 amide bonds. The van der Waals surface area contributed by atoms with Crippen molar-refractivity contribution in [2.24, 2.45) is 11.8 Å². The number of imide groups is 1. The summed E-state index contributed by atoms with van der Waals surface area (Å²) < 4.78 is 0. The van der Waals surface area contributed by atoms with E-state index in [0.29, 0.717) is 11.3 Å². The first-order valence-corrected chi connectivity index (χ1v) is 8.67. The maximum absolute atomic E-state index is 13.3. The number of para-hydroxylation sites is 1. The van der Waals surface area contributed by atoms with E-state index < -0.39 is 17.3 Å². The summed E-state index contributed by atoms with van der Waals surface area (Å²) in [4.78, 5) is 40.7. The van der Waals surface area contributed by atoms with Crippen LogP contribution in [0.2, 0.25) is 0 Å². The van der Waals surface area contributed by atoms with E-state index in [1.54, 1.807) is 30.3 Å². The molecule has 3 atom stereocenters. The summed E-state index contributed by atoms with van der Waals surface area (Å²) in [5.74, 6) is -1.76. The highest BCUT2D eigenvalue weighted by molar-refractivity contribution is 6.35. The van der Waals surface area contributed by atoms with E-state index >= 15 is 0 Å². The average Bonchev–Trinajstić information content (AvgIpc) is 3.22. The molecule has 3 aliphatic rings. The fraction of sp³-hybridized carbons (Fsp3) is 0.136. The van der Waals surface area contributed by atoms with Crippen molar-refractivity contribution in [3.63, 3.8) is 0 Å². The summed E-state index contributed by atoms with van der Waals surface area (Å²) in [5.41, 5.74) is 1.08. The van der Waals surface area contributed by atoms with Crippen molar-refractivity contribution >= 4 is 34.1 Å². The molecule has 1 spiro atoms. The molecular weight excluding hydrogens is 326 g/mol. The van der Waals surface area contributed by atoms with E-state index in [4.69, 9.17) is 0 Å². The lowest BCUT2D eigenvalue weighted by atomic mass is 9.89. The van der Waals surface area contributed by atoms with Crippen LogP contribution in [-0.2, 0) is 15.0 Å². The van der Waals surface area contributed by atoms with Gasteiger partial charge in [-0.15, -0.1) is 0 Å². The van der Waals surface area contributed by atoms with Crippen LogP contribution in [0.3, 0.4) is 0 Å². The van der Waals surface area contributed by atoms with E-state index in [1.165, 1.54) is 4.90 Å². The summed E-state index contributed by atoms with van der Waals surface area (Å²) in [7, 11) is 0. The molecule has 2 aliphatic carbocycles. The second-order valence-corrected chi connectivity index (χ2v) is 7.21. The van der Waals surface area contributed by atoms with E-state index in [-0.39, 0.29) is 17.6 Å². The number of piperidine rings is 1. The Morgan fingerprint density at radius 1 is 0.731 bits per heavy atom. The highest BCUT2D eigenvalue weighted by Crippen LogP contribution is 2.69. The van der Waals surface area contributed by atoms with E-state index in [9.17, 15) is 14.4 Å². The maximum Gasteiger partial charge on any atom is 0.239 e. The minimum atomic E-state index is -0.983. The van der Waals surface area contributed by atoms with Crippen LogP contribution in [0.15, 0.2) is 66.7 Å². The van der Waals surface area contributed by atoms with Crippen LogP contribution in [0.4, 0.5) is 5.69 Å². The van der Waals surface area contributed by atoms with E-state index in [2.05, 4.69) is 0 Å². The number of anilines is 1. The third kappa shape index (κ3) is 1.30. The minimum Gasteiger partial charge on any atom is -0.293 e. The smallest absolute Gasteiger partial charge is 0.239 e. The Bertz CT molecular complexity index is 1140. The molecule has 0 bridgehead atoms. The molecular formula is C22H13NO3. The molecule has 4 heteroatoms. The summed E-state index contributed by atoms with van der Waals surface area (Å²) in [6, 6.07) is 20.3. The lowest BCUT2D eigenvalue weighted by Gasteiger charge is -2.22. The number of rotatable bonds is 1. The Labute approximate surface area is 149 Å². The summed E-state index contributed by atoms with van der Waals surface area (Å²) in [6.07, 6.45) is 0. The fourth-order valence-corrected chi connectivity index (χ4v) is 5.12. The van der Waals surface area contributed by atoms with Crippen molar-refractivity contribution in [3.05, 3.63) is 77.9 Å². The number of carbonyl (C=O) groups is 3. The number of benzene rings is 3. The molecule has 0 aromatic heterocycles. The Morgan fingerprint density at radius 2 is 1.38 bits per heavy atom. The van der Waals surface area contributed by atoms with Crippen LogP contribution in [0.1, 0.15) is 15.9 Å². The van der Waals surface area contributed by atoms with Gasteiger partial charge < -0.3 is 0 Å². The van der Waals surface area contributed by atoms with Crippen LogP contribution in [0.5, 0.6) is 0 Å². The van der Waals surface area contributed by atoms with Crippen LogP contribution in [-0.4, -0.2) is 17.6 Å². The number of Topliss-reactive ketones (excluding diaryl/α,β-unsaturated/α-hetero) is 1. The number of ketones is 1. The quantitative estimate of drug-likeness (QED) is 0.640. The Morgan fingerprint density at radius 3 is 2.08 bits per heavy atom. The molecule has 2 fully saturated rings. The third-order valence-electron chi connectivity index (χ3n) is 6.16. The van der Waals surface area contributed by atoms with E-state index in [0.717, 1.165) is 16.3 Å². The number of hydrogen-bond donors (Lipinski definition) is 0. The molecule has 3 aromatic rings. The van der Waals surface area contributed by atoms with Gasteiger partial charge in [0.05, 0.1) is 22.9 Å². The van der Waals surface area contributed by atoms with Gasteiger partial charge in [-0.3, -0.25) is 14.4 Å². The predicted molar refractivity (Wildman–Crippen MR) is 95.9 cm³/mol. The first kappa shape index (κ1) is 14.0. The van der Waals surface area contributed by atoms with Gasteiger partial charge in [-0.05, 0) is 28.5 Å². The van der Waals surface area contributed by atoms with Gasteiger partial charge in [-0.2, -0.15) is 0 Å². The molecule has 6 rings (SSSR count). The maximum atomic E-state index is 13.3. The number of fused-ring (bicyclic) bond motifs is 4. The summed E-state index contributed by atoms with van der Waals surface area (Å²) in [6.45, 7) is 0. The second kappa shape index (κ2) is 4.28. The fourth-order valence-electron chi connectivity index (χ4n) is 5.12. The SMILES string of the molecule is O=C1[C@@H]2[C@H](C(=O)N1c1ccccc1)C21C(=O)c2cccc3cccc1c23. The van der Waals surface area contributed by atoms with E-state index in [1.807, 2.05) is 36.4 Å². The van der Waals surface area contributed by atoms with Crippen LogP contribution in [0.25, 0.3) is 10.8 Å². The molecule has 1 unspecified atom stereocenters. The van der Waals surface area contributed by atoms with Gasteiger partial charge in [0.25, 0.3) is 0 Å². The van der Waals surface area contributed by atoms with Gasteiger partial charge in [-0.25, -0.2) is 4.90 Å². The zero-order valence-electron chi connectivity index (χ0n) is 13.7. The zero-order valence-corrected chi connectivity index (χ0v) is 13.7. The number of carbonyl (C=O) groups excluding carboxylic acids is 3. The molecule has 1 aliphatic heterocycles. The third-order valence-corrected chi connectivity index (χ3v) is 6.16. The predicted octanol–water partition coefficient (Wildman–Crippen LogP) is 3.09. The van der Waals surface area contributed by atoms with Crippen molar-refractivity contribution in [1.29, 1.82) is 0 Å². The topological polar surface area (TPSA) is 54.5 Å². The monoisotopic (exact) mass is 339 g/mol. The highest BCUT2D eigenvalue weighted by Gasteiger charge is 2.82. The van der Waals surface area contributed by atoms with Crippen molar-refractivity contribution in [2.75, 3.05) is 4.90 Å². The average molecular weight is 339 g/mol. The largest absolute Gasteiger partial charge is 0.293 e. The van der Waals surface area contributed by atoms with Gasteiger partial charge in [0.2, 0.25) is 11.8 Å². The minimum absolute atomic E-state index is 0.0753. The van der Waals surface area contributed by atoms with Crippen molar-refractivity contribution < 1.29 is 14.4 Å². The van der Waals surface area contributed by atoms with Crippen LogP contribution >= 0.6 is 0 Å². The Balaban J connectivity index is 1.53. The molecule has 0 N–H and O–H groups in total. The molecule has 4 nitrogen and oxygen atoms in total. The molecule has 1 heterocycles. The Hall–Kier alpha value is -3.27. The second-order valence-electron chi connectivity index (χ2n) is 7.21. The van der Waals surface area contributed by atoms with Crippen LogP contribution < -0.4 is 4.90 Å². The zero-order chi connectivity index (χ0) is 17.6. The summed E-state index contributed by atoms with van der Waals surface area (Å²) in [5, 5.41) is 1.89. The van der Waals surface area contributed by atoms with Gasteiger partial charge >= 0.3 is 0 Å². The van der Waals surface area contributed by atoms with Crippen molar-refractivity contribution in [1.82, 2.24) is 0 Å². The first-order valence-electron chi connectivity index (χ1n) is 8.67. The standard InChI is InChI=1S/C22H13NO3/c24-19-14-10-4-6-12-7-5-11-15(16(12)14)22(19)17-18(22)21(26)23(20(17)25)13-8-2-1-3-9-13/h1-11,17-18H/t17-,18+,22?. The molecule has 1 saturated carbocycles. The Kier molecular flexibility index (Phi) is 2.30. The number of amides is 2. The first-order chi connectivity index (χ1) is 12.7.